The van der Waals surface area contributed by atoms with Crippen LogP contribution in [-0.4, -0.2) is 23.4 Å². The Morgan fingerprint density at radius 1 is 1.27 bits per heavy atom. The Hall–Kier alpha value is -0.600. The highest BCUT2D eigenvalue weighted by Crippen LogP contribution is 2.61. The Labute approximate surface area is 136 Å². The standard InChI is InChI=1S/C20H34O2/c1-7-15(2)9-10-16-18(3)12-8-13-20(5,22-6)17(18)11-14-19(16,4)21/h7,9,16-17,21H,1,8,10-14H2,2-6H3. The second kappa shape index (κ2) is 6.13. The number of fused-ring (bicyclic) bond motifs is 1. The van der Waals surface area contributed by atoms with Crippen molar-refractivity contribution in [2.45, 2.75) is 77.4 Å². The number of rotatable bonds is 4. The molecule has 0 spiro atoms. The van der Waals surface area contributed by atoms with Crippen LogP contribution in [0.15, 0.2) is 24.3 Å². The van der Waals surface area contributed by atoms with E-state index in [0.717, 1.165) is 25.7 Å². The predicted molar refractivity (Wildman–Crippen MR) is 92.8 cm³/mol. The maximum absolute atomic E-state index is 11.1. The molecular weight excluding hydrogens is 272 g/mol. The summed E-state index contributed by atoms with van der Waals surface area (Å²) >= 11 is 0. The smallest absolute Gasteiger partial charge is 0.0684 e. The summed E-state index contributed by atoms with van der Waals surface area (Å²) in [5.41, 5.74) is 0.712. The van der Waals surface area contributed by atoms with Crippen molar-refractivity contribution in [1.82, 2.24) is 0 Å². The highest BCUT2D eigenvalue weighted by atomic mass is 16.5. The van der Waals surface area contributed by atoms with Crippen molar-refractivity contribution in [3.63, 3.8) is 0 Å². The molecule has 22 heavy (non-hydrogen) atoms. The minimum Gasteiger partial charge on any atom is -0.390 e. The average molecular weight is 306 g/mol. The second-order valence-corrected chi connectivity index (χ2v) is 8.27. The summed E-state index contributed by atoms with van der Waals surface area (Å²) in [4.78, 5) is 0. The van der Waals surface area contributed by atoms with Gasteiger partial charge in [-0.15, -0.1) is 0 Å². The molecule has 2 saturated carbocycles. The van der Waals surface area contributed by atoms with Crippen LogP contribution in [0.5, 0.6) is 0 Å². The second-order valence-electron chi connectivity index (χ2n) is 8.27. The lowest BCUT2D eigenvalue weighted by Gasteiger charge is -2.61. The first-order valence-corrected chi connectivity index (χ1v) is 8.76. The van der Waals surface area contributed by atoms with Gasteiger partial charge < -0.3 is 9.84 Å². The van der Waals surface area contributed by atoms with E-state index in [4.69, 9.17) is 4.74 Å². The highest BCUT2D eigenvalue weighted by Gasteiger charge is 2.59. The molecule has 2 aliphatic rings. The van der Waals surface area contributed by atoms with Crippen molar-refractivity contribution < 1.29 is 9.84 Å². The monoisotopic (exact) mass is 306 g/mol. The van der Waals surface area contributed by atoms with E-state index >= 15 is 0 Å². The first-order valence-electron chi connectivity index (χ1n) is 8.76. The Kier molecular flexibility index (Phi) is 4.94. The van der Waals surface area contributed by atoms with Crippen LogP contribution in [0.4, 0.5) is 0 Å². The average Bonchev–Trinajstić information content (AvgIpc) is 2.45. The van der Waals surface area contributed by atoms with Gasteiger partial charge in [0.25, 0.3) is 0 Å². The molecule has 0 saturated heterocycles. The maximum Gasteiger partial charge on any atom is 0.0684 e. The number of methoxy groups -OCH3 is 1. The van der Waals surface area contributed by atoms with Gasteiger partial charge in [0.1, 0.15) is 0 Å². The molecule has 2 nitrogen and oxygen atoms in total. The topological polar surface area (TPSA) is 29.5 Å². The molecule has 0 aromatic heterocycles. The van der Waals surface area contributed by atoms with E-state index in [2.05, 4.69) is 33.4 Å². The number of hydrogen-bond acceptors (Lipinski definition) is 2. The van der Waals surface area contributed by atoms with Gasteiger partial charge in [-0.1, -0.05) is 37.6 Å². The van der Waals surface area contributed by atoms with Crippen LogP contribution in [0, 0.1) is 17.3 Å². The number of hydrogen-bond donors (Lipinski definition) is 1. The fraction of sp³-hybridized carbons (Fsp3) is 0.800. The van der Waals surface area contributed by atoms with Gasteiger partial charge >= 0.3 is 0 Å². The number of aliphatic hydroxyl groups is 1. The quantitative estimate of drug-likeness (QED) is 0.750. The van der Waals surface area contributed by atoms with E-state index in [0.29, 0.717) is 5.92 Å². The molecule has 0 heterocycles. The van der Waals surface area contributed by atoms with E-state index in [9.17, 15) is 5.11 Å². The fourth-order valence-electron chi connectivity index (χ4n) is 5.39. The highest BCUT2D eigenvalue weighted by molar-refractivity contribution is 5.16. The Bertz CT molecular complexity index is 451. The molecule has 2 fully saturated rings. The third-order valence-electron chi connectivity index (χ3n) is 6.87. The lowest BCUT2D eigenvalue weighted by molar-refractivity contribution is -0.202. The predicted octanol–water partition coefficient (Wildman–Crippen LogP) is 4.88. The maximum atomic E-state index is 11.1. The van der Waals surface area contributed by atoms with Crippen molar-refractivity contribution in [1.29, 1.82) is 0 Å². The molecule has 2 aliphatic carbocycles. The van der Waals surface area contributed by atoms with Crippen molar-refractivity contribution in [3.8, 4) is 0 Å². The van der Waals surface area contributed by atoms with Crippen LogP contribution in [0.3, 0.4) is 0 Å². The van der Waals surface area contributed by atoms with Gasteiger partial charge in [-0.05, 0) is 70.1 Å². The summed E-state index contributed by atoms with van der Waals surface area (Å²) in [6, 6.07) is 0. The Morgan fingerprint density at radius 2 is 1.95 bits per heavy atom. The van der Waals surface area contributed by atoms with Crippen LogP contribution in [-0.2, 0) is 4.74 Å². The van der Waals surface area contributed by atoms with Gasteiger partial charge in [-0.25, -0.2) is 0 Å². The lowest BCUT2D eigenvalue weighted by atomic mass is 9.47. The Balaban J connectivity index is 2.36. The molecular formula is C20H34O2. The first-order chi connectivity index (χ1) is 10.2. The summed E-state index contributed by atoms with van der Waals surface area (Å²) < 4.78 is 5.96. The molecule has 1 N–H and O–H groups in total. The molecule has 0 bridgehead atoms. The molecule has 0 aromatic carbocycles. The van der Waals surface area contributed by atoms with E-state index in [1.807, 2.05) is 20.1 Å². The Morgan fingerprint density at radius 3 is 2.55 bits per heavy atom. The van der Waals surface area contributed by atoms with Crippen molar-refractivity contribution in [2.24, 2.45) is 17.3 Å². The lowest BCUT2D eigenvalue weighted by Crippen LogP contribution is -2.60. The normalized spacial score (nSPS) is 46.2. The fourth-order valence-corrected chi connectivity index (χ4v) is 5.39. The summed E-state index contributed by atoms with van der Waals surface area (Å²) in [5.74, 6) is 0.810. The molecule has 0 radical (unpaired) electrons. The summed E-state index contributed by atoms with van der Waals surface area (Å²) in [7, 11) is 1.86. The molecule has 0 amide bonds. The summed E-state index contributed by atoms with van der Waals surface area (Å²) in [6.45, 7) is 12.6. The zero-order valence-corrected chi connectivity index (χ0v) is 15.1. The van der Waals surface area contributed by atoms with Crippen molar-refractivity contribution in [3.05, 3.63) is 24.3 Å². The van der Waals surface area contributed by atoms with Gasteiger partial charge in [0.2, 0.25) is 0 Å². The number of ether oxygens (including phenoxy) is 1. The van der Waals surface area contributed by atoms with Crippen LogP contribution in [0.1, 0.15) is 66.2 Å². The van der Waals surface area contributed by atoms with E-state index in [1.165, 1.54) is 18.4 Å². The molecule has 5 unspecified atom stereocenters. The van der Waals surface area contributed by atoms with Gasteiger partial charge in [-0.3, -0.25) is 0 Å². The zero-order chi connectivity index (χ0) is 16.6. The molecule has 0 aliphatic heterocycles. The SMILES string of the molecule is C=CC(C)=CCC1C(C)(O)CCC2C(C)(OC)CCCC12C. The van der Waals surface area contributed by atoms with Crippen LogP contribution in [0.25, 0.3) is 0 Å². The van der Waals surface area contributed by atoms with Gasteiger partial charge in [0.05, 0.1) is 11.2 Å². The third-order valence-corrected chi connectivity index (χ3v) is 6.87. The van der Waals surface area contributed by atoms with Crippen molar-refractivity contribution in [2.75, 3.05) is 7.11 Å². The summed E-state index contributed by atoms with van der Waals surface area (Å²) in [6.07, 6.45) is 10.5. The van der Waals surface area contributed by atoms with Crippen LogP contribution >= 0.6 is 0 Å². The van der Waals surface area contributed by atoms with Crippen LogP contribution < -0.4 is 0 Å². The largest absolute Gasteiger partial charge is 0.390 e. The zero-order valence-electron chi connectivity index (χ0n) is 15.1. The van der Waals surface area contributed by atoms with Crippen LogP contribution in [0.2, 0.25) is 0 Å². The van der Waals surface area contributed by atoms with Crippen molar-refractivity contribution >= 4 is 0 Å². The van der Waals surface area contributed by atoms with E-state index < -0.39 is 5.60 Å². The summed E-state index contributed by atoms with van der Waals surface area (Å²) in [5, 5.41) is 11.1. The minimum absolute atomic E-state index is 0.0427. The van der Waals surface area contributed by atoms with Gasteiger partial charge in [0, 0.05) is 7.11 Å². The van der Waals surface area contributed by atoms with E-state index in [-0.39, 0.29) is 16.9 Å². The minimum atomic E-state index is -0.588. The van der Waals surface area contributed by atoms with Gasteiger partial charge in [-0.2, -0.15) is 0 Å². The number of allylic oxidation sites excluding steroid dienone is 3. The molecule has 2 rings (SSSR count). The molecule has 5 atom stereocenters. The van der Waals surface area contributed by atoms with E-state index in [1.54, 1.807) is 0 Å². The molecule has 0 aromatic rings. The third kappa shape index (κ3) is 2.92. The molecule has 2 heteroatoms. The first kappa shape index (κ1) is 17.7. The molecule has 126 valence electrons. The van der Waals surface area contributed by atoms with Gasteiger partial charge in [0.15, 0.2) is 0 Å².